The summed E-state index contributed by atoms with van der Waals surface area (Å²) in [5.74, 6) is 0.731. The van der Waals surface area contributed by atoms with Crippen molar-refractivity contribution in [2.45, 2.75) is 13.3 Å². The maximum atomic E-state index is 3.98. The van der Waals surface area contributed by atoms with Gasteiger partial charge in [0.2, 0.25) is 0 Å². The molecule has 0 amide bonds. The monoisotopic (exact) mass is 157 g/mol. The van der Waals surface area contributed by atoms with Crippen molar-refractivity contribution < 1.29 is 0 Å². The molecule has 0 aromatic rings. The molecule has 2 heteroatoms. The normalized spacial score (nSPS) is 14.0. The summed E-state index contributed by atoms with van der Waals surface area (Å²) in [6, 6.07) is 0. The third-order valence-corrected chi connectivity index (χ3v) is 2.84. The Bertz CT molecular complexity index is 110. The van der Waals surface area contributed by atoms with Crippen LogP contribution in [-0.2, 0) is 0 Å². The first-order valence-corrected chi connectivity index (χ1v) is 4.84. The Hall–Kier alpha value is -0.0831. The van der Waals surface area contributed by atoms with Crippen LogP contribution in [-0.4, -0.2) is 35.8 Å². The van der Waals surface area contributed by atoms with E-state index < -0.39 is 0 Å². The molecule has 60 valence electrons. The Morgan fingerprint density at radius 3 is 2.40 bits per heavy atom. The summed E-state index contributed by atoms with van der Waals surface area (Å²) >= 11 is 0. The lowest BCUT2D eigenvalue weighted by atomic mass is 10.1. The van der Waals surface area contributed by atoms with Crippen molar-refractivity contribution in [2.75, 3.05) is 20.6 Å². The standard InChI is InChI=1S/C8H19NSi/c1-7(8(2)10)5-6-9(3)4/h7H,2,5-6H2,1,3-4,10H3. The largest absolute Gasteiger partial charge is 0.309 e. The van der Waals surface area contributed by atoms with Gasteiger partial charge in [-0.15, -0.1) is 6.58 Å². The van der Waals surface area contributed by atoms with Gasteiger partial charge in [0.1, 0.15) is 0 Å². The lowest BCUT2D eigenvalue weighted by molar-refractivity contribution is 0.378. The van der Waals surface area contributed by atoms with Gasteiger partial charge >= 0.3 is 0 Å². The molecule has 0 rings (SSSR count). The molecular formula is C8H19NSi. The second-order valence-electron chi connectivity index (χ2n) is 3.34. The van der Waals surface area contributed by atoms with Crippen LogP contribution < -0.4 is 0 Å². The Morgan fingerprint density at radius 2 is 2.10 bits per heavy atom. The van der Waals surface area contributed by atoms with Crippen LogP contribution >= 0.6 is 0 Å². The molecule has 0 aromatic heterocycles. The SMILES string of the molecule is C=C([SiH3])C(C)CCN(C)C. The topological polar surface area (TPSA) is 3.24 Å². The van der Waals surface area contributed by atoms with Gasteiger partial charge in [-0.05, 0) is 33.0 Å². The molecule has 0 saturated heterocycles. The highest BCUT2D eigenvalue weighted by Crippen LogP contribution is 2.08. The minimum Gasteiger partial charge on any atom is -0.309 e. The molecule has 10 heavy (non-hydrogen) atoms. The van der Waals surface area contributed by atoms with Crippen molar-refractivity contribution in [3.63, 3.8) is 0 Å². The lowest BCUT2D eigenvalue weighted by Gasteiger charge is -2.14. The summed E-state index contributed by atoms with van der Waals surface area (Å²) < 4.78 is 0. The fourth-order valence-electron chi connectivity index (χ4n) is 0.698. The van der Waals surface area contributed by atoms with E-state index in [1.54, 1.807) is 0 Å². The van der Waals surface area contributed by atoms with Crippen molar-refractivity contribution in [3.05, 3.63) is 11.8 Å². The van der Waals surface area contributed by atoms with Gasteiger partial charge in [-0.25, -0.2) is 0 Å². The molecule has 0 fully saturated rings. The van der Waals surface area contributed by atoms with E-state index in [1.807, 2.05) is 0 Å². The summed E-state index contributed by atoms with van der Waals surface area (Å²) in [5.41, 5.74) is 0. The van der Waals surface area contributed by atoms with E-state index in [9.17, 15) is 0 Å². The number of hydrogen-bond donors (Lipinski definition) is 0. The van der Waals surface area contributed by atoms with Gasteiger partial charge in [-0.3, -0.25) is 0 Å². The first kappa shape index (κ1) is 9.92. The maximum Gasteiger partial charge on any atom is 0.0328 e. The molecule has 1 unspecified atom stereocenters. The summed E-state index contributed by atoms with van der Waals surface area (Å²) in [7, 11) is 5.38. The summed E-state index contributed by atoms with van der Waals surface area (Å²) in [6.07, 6.45) is 1.26. The van der Waals surface area contributed by atoms with Crippen molar-refractivity contribution >= 4 is 10.2 Å². The first-order valence-electron chi connectivity index (χ1n) is 3.84. The smallest absolute Gasteiger partial charge is 0.0328 e. The fraction of sp³-hybridized carbons (Fsp3) is 0.750. The molecule has 0 heterocycles. The predicted molar refractivity (Wildman–Crippen MR) is 51.4 cm³/mol. The molecule has 0 N–H and O–H groups in total. The Labute approximate surface area is 67.5 Å². The molecule has 1 nitrogen and oxygen atoms in total. The molecule has 0 aliphatic carbocycles. The Morgan fingerprint density at radius 1 is 1.60 bits per heavy atom. The quantitative estimate of drug-likeness (QED) is 0.536. The third-order valence-electron chi connectivity index (χ3n) is 1.85. The van der Waals surface area contributed by atoms with Crippen LogP contribution in [0.2, 0.25) is 0 Å². The Balaban J connectivity index is 3.40. The zero-order valence-electron chi connectivity index (χ0n) is 7.65. The lowest BCUT2D eigenvalue weighted by Crippen LogP contribution is -2.16. The highest BCUT2D eigenvalue weighted by Gasteiger charge is 2.01. The van der Waals surface area contributed by atoms with Crippen LogP contribution in [0.15, 0.2) is 11.8 Å². The van der Waals surface area contributed by atoms with Gasteiger partial charge in [-0.2, -0.15) is 0 Å². The van der Waals surface area contributed by atoms with Crippen molar-refractivity contribution in [3.8, 4) is 0 Å². The van der Waals surface area contributed by atoms with Crippen molar-refractivity contribution in [1.82, 2.24) is 4.90 Å². The molecule has 0 bridgehead atoms. The van der Waals surface area contributed by atoms with Crippen LogP contribution in [0.1, 0.15) is 13.3 Å². The predicted octanol–water partition coefficient (Wildman–Crippen LogP) is 0.453. The summed E-state index contributed by atoms with van der Waals surface area (Å²) in [6.45, 7) is 7.42. The second kappa shape index (κ2) is 4.69. The molecule has 0 saturated carbocycles. The zero-order valence-corrected chi connectivity index (χ0v) is 9.65. The average Bonchev–Trinajstić information content (AvgIpc) is 1.82. The zero-order chi connectivity index (χ0) is 8.15. The van der Waals surface area contributed by atoms with Crippen LogP contribution in [0.25, 0.3) is 0 Å². The van der Waals surface area contributed by atoms with E-state index in [-0.39, 0.29) is 0 Å². The molecule has 0 aliphatic rings. The van der Waals surface area contributed by atoms with Crippen LogP contribution in [0.4, 0.5) is 0 Å². The van der Waals surface area contributed by atoms with E-state index in [2.05, 4.69) is 32.5 Å². The molecule has 0 aliphatic heterocycles. The van der Waals surface area contributed by atoms with Crippen molar-refractivity contribution in [1.29, 1.82) is 0 Å². The molecule has 0 spiro atoms. The molecule has 1 atom stereocenters. The van der Waals surface area contributed by atoms with E-state index in [4.69, 9.17) is 0 Å². The van der Waals surface area contributed by atoms with Gasteiger partial charge in [-0.1, -0.05) is 12.1 Å². The first-order chi connectivity index (χ1) is 4.54. The minimum atomic E-state index is 0.731. The summed E-state index contributed by atoms with van der Waals surface area (Å²) in [4.78, 5) is 2.22. The second-order valence-corrected chi connectivity index (χ2v) is 4.62. The summed E-state index contributed by atoms with van der Waals surface area (Å²) in [5, 5.41) is 1.43. The molecule has 0 radical (unpaired) electrons. The highest BCUT2D eigenvalue weighted by atomic mass is 28.1. The third kappa shape index (κ3) is 4.76. The Kier molecular flexibility index (Phi) is 4.65. The van der Waals surface area contributed by atoms with Gasteiger partial charge < -0.3 is 4.90 Å². The van der Waals surface area contributed by atoms with Gasteiger partial charge in [0.25, 0.3) is 0 Å². The van der Waals surface area contributed by atoms with Gasteiger partial charge in [0, 0.05) is 10.2 Å². The highest BCUT2D eigenvalue weighted by molar-refractivity contribution is 6.21. The van der Waals surface area contributed by atoms with E-state index in [1.165, 1.54) is 18.2 Å². The minimum absolute atomic E-state index is 0.731. The fourth-order valence-corrected chi connectivity index (χ4v) is 0.987. The molecule has 0 aromatic carbocycles. The van der Waals surface area contributed by atoms with Crippen LogP contribution in [0.5, 0.6) is 0 Å². The van der Waals surface area contributed by atoms with Crippen LogP contribution in [0.3, 0.4) is 0 Å². The number of rotatable bonds is 4. The van der Waals surface area contributed by atoms with Gasteiger partial charge in [0.05, 0.1) is 0 Å². The van der Waals surface area contributed by atoms with Crippen molar-refractivity contribution in [2.24, 2.45) is 5.92 Å². The number of hydrogen-bond acceptors (Lipinski definition) is 1. The van der Waals surface area contributed by atoms with Gasteiger partial charge in [0.15, 0.2) is 0 Å². The molecular weight excluding hydrogens is 138 g/mol. The average molecular weight is 157 g/mol. The van der Waals surface area contributed by atoms with Crippen LogP contribution in [0, 0.1) is 5.92 Å². The number of nitrogens with zero attached hydrogens (tertiary/aromatic N) is 1. The number of allylic oxidation sites excluding steroid dienone is 1. The maximum absolute atomic E-state index is 3.98. The van der Waals surface area contributed by atoms with E-state index >= 15 is 0 Å². The van der Waals surface area contributed by atoms with E-state index in [0.717, 1.165) is 16.2 Å². The van der Waals surface area contributed by atoms with E-state index in [0.29, 0.717) is 0 Å².